The first-order chi connectivity index (χ1) is 14.0. The Bertz CT molecular complexity index is 1010. The molecule has 150 valence electrons. The predicted octanol–water partition coefficient (Wildman–Crippen LogP) is 6.13. The summed E-state index contributed by atoms with van der Waals surface area (Å²) in [5.41, 5.74) is 2.64. The van der Waals surface area contributed by atoms with E-state index in [1.54, 1.807) is 24.3 Å². The Hall–Kier alpha value is -2.86. The molecule has 0 unspecified atom stereocenters. The third-order valence-electron chi connectivity index (χ3n) is 4.20. The summed E-state index contributed by atoms with van der Waals surface area (Å²) in [6, 6.07) is 17.3. The monoisotopic (exact) mass is 457 g/mol. The molecule has 0 fully saturated rings. The number of hydrogen-bond acceptors (Lipinski definition) is 3. The molecule has 0 saturated heterocycles. The Morgan fingerprint density at radius 3 is 2.48 bits per heavy atom. The smallest absolute Gasteiger partial charge is 0.255 e. The van der Waals surface area contributed by atoms with Gasteiger partial charge in [0.25, 0.3) is 5.91 Å². The second-order valence-corrected chi connectivity index (χ2v) is 7.28. The summed E-state index contributed by atoms with van der Waals surface area (Å²) in [7, 11) is 0. The normalized spacial score (nSPS) is 10.5. The van der Waals surface area contributed by atoms with E-state index in [0.717, 1.165) is 5.56 Å². The summed E-state index contributed by atoms with van der Waals surface area (Å²) >= 11 is 3.46. The first-order valence-electron chi connectivity index (χ1n) is 9.18. The number of carbonyl (C=O) groups is 1. The highest BCUT2D eigenvalue weighted by Gasteiger charge is 2.17. The maximum absolute atomic E-state index is 13.8. The molecule has 0 spiro atoms. The zero-order valence-electron chi connectivity index (χ0n) is 16.2. The Morgan fingerprint density at radius 2 is 1.79 bits per heavy atom. The molecule has 0 saturated carbocycles. The van der Waals surface area contributed by atoms with Crippen LogP contribution >= 0.6 is 15.9 Å². The van der Waals surface area contributed by atoms with Crippen molar-refractivity contribution >= 4 is 27.5 Å². The molecule has 0 aliphatic heterocycles. The maximum atomic E-state index is 13.8. The van der Waals surface area contributed by atoms with Gasteiger partial charge in [0, 0.05) is 5.56 Å². The van der Waals surface area contributed by atoms with Crippen LogP contribution in [0.3, 0.4) is 0 Å². The van der Waals surface area contributed by atoms with Crippen molar-refractivity contribution < 1.29 is 18.7 Å². The molecule has 0 heterocycles. The fourth-order valence-corrected chi connectivity index (χ4v) is 3.26. The summed E-state index contributed by atoms with van der Waals surface area (Å²) in [6.07, 6.45) is 0. The number of hydrogen-bond donors (Lipinski definition) is 1. The summed E-state index contributed by atoms with van der Waals surface area (Å²) in [6.45, 7) is 4.65. The lowest BCUT2D eigenvalue weighted by atomic mass is 10.1. The van der Waals surface area contributed by atoms with Gasteiger partial charge in [0.2, 0.25) is 0 Å². The Labute approximate surface area is 177 Å². The van der Waals surface area contributed by atoms with E-state index in [0.29, 0.717) is 34.7 Å². The molecule has 6 heteroatoms. The van der Waals surface area contributed by atoms with Crippen LogP contribution in [-0.4, -0.2) is 12.5 Å². The number of rotatable bonds is 7. The largest absolute Gasteiger partial charge is 0.490 e. The molecule has 1 N–H and O–H groups in total. The van der Waals surface area contributed by atoms with E-state index in [2.05, 4.69) is 21.2 Å². The van der Waals surface area contributed by atoms with Gasteiger partial charge in [-0.1, -0.05) is 42.0 Å². The lowest BCUT2D eigenvalue weighted by Crippen LogP contribution is -2.13. The average molecular weight is 458 g/mol. The van der Waals surface area contributed by atoms with Crippen molar-refractivity contribution in [2.24, 2.45) is 0 Å². The molecule has 1 amide bonds. The van der Waals surface area contributed by atoms with Crippen molar-refractivity contribution in [2.45, 2.75) is 20.5 Å². The Kier molecular flexibility index (Phi) is 6.88. The maximum Gasteiger partial charge on any atom is 0.255 e. The molecule has 0 aliphatic carbocycles. The summed E-state index contributed by atoms with van der Waals surface area (Å²) in [4.78, 5) is 12.6. The lowest BCUT2D eigenvalue weighted by molar-refractivity contribution is 0.102. The Balaban J connectivity index is 1.82. The number of benzene rings is 3. The molecule has 3 rings (SSSR count). The highest BCUT2D eigenvalue weighted by molar-refractivity contribution is 9.10. The van der Waals surface area contributed by atoms with Gasteiger partial charge in [0.1, 0.15) is 12.4 Å². The summed E-state index contributed by atoms with van der Waals surface area (Å²) in [5, 5.41) is 2.57. The molecule has 29 heavy (non-hydrogen) atoms. The van der Waals surface area contributed by atoms with Crippen molar-refractivity contribution in [2.75, 3.05) is 11.9 Å². The number of ether oxygens (including phenoxy) is 2. The van der Waals surface area contributed by atoms with Gasteiger partial charge in [-0.3, -0.25) is 4.79 Å². The van der Waals surface area contributed by atoms with Crippen LogP contribution < -0.4 is 14.8 Å². The van der Waals surface area contributed by atoms with Gasteiger partial charge in [-0.25, -0.2) is 4.39 Å². The van der Waals surface area contributed by atoms with Gasteiger partial charge in [0.05, 0.1) is 16.8 Å². The number of carbonyl (C=O) groups excluding carboxylic acids is 1. The number of amides is 1. The van der Waals surface area contributed by atoms with Crippen LogP contribution in [-0.2, 0) is 6.61 Å². The molecular formula is C23H21BrFNO3. The summed E-state index contributed by atoms with van der Waals surface area (Å²) in [5.74, 6) is 0.00683. The minimum atomic E-state index is -0.497. The van der Waals surface area contributed by atoms with Crippen LogP contribution in [0.1, 0.15) is 28.4 Å². The first-order valence-corrected chi connectivity index (χ1v) is 9.97. The number of halogens is 2. The SMILES string of the molecule is CCOc1cc(C(=O)Nc2ccccc2F)cc(Br)c1OCc1ccc(C)cc1. The number of aryl methyl sites for hydroxylation is 1. The van der Waals surface area contributed by atoms with Crippen LogP contribution in [0.4, 0.5) is 10.1 Å². The minimum absolute atomic E-state index is 0.117. The number of para-hydroxylation sites is 1. The fourth-order valence-electron chi connectivity index (χ4n) is 2.70. The van der Waals surface area contributed by atoms with Gasteiger partial charge >= 0.3 is 0 Å². The molecule has 4 nitrogen and oxygen atoms in total. The first kappa shape index (κ1) is 20.9. The predicted molar refractivity (Wildman–Crippen MR) is 115 cm³/mol. The Morgan fingerprint density at radius 1 is 1.07 bits per heavy atom. The minimum Gasteiger partial charge on any atom is -0.490 e. The summed E-state index contributed by atoms with van der Waals surface area (Å²) < 4.78 is 26.0. The van der Waals surface area contributed by atoms with Crippen LogP contribution in [0.5, 0.6) is 11.5 Å². The molecule has 3 aromatic carbocycles. The van der Waals surface area contributed by atoms with Crippen molar-refractivity contribution in [1.29, 1.82) is 0 Å². The highest BCUT2D eigenvalue weighted by atomic mass is 79.9. The van der Waals surface area contributed by atoms with Gasteiger partial charge in [-0.05, 0) is 59.6 Å². The third kappa shape index (κ3) is 5.35. The third-order valence-corrected chi connectivity index (χ3v) is 4.79. The molecule has 0 aliphatic rings. The quantitative estimate of drug-likeness (QED) is 0.464. The van der Waals surface area contributed by atoms with Crippen LogP contribution in [0.25, 0.3) is 0 Å². The zero-order valence-corrected chi connectivity index (χ0v) is 17.8. The molecule has 0 bridgehead atoms. The second kappa shape index (κ2) is 9.56. The van der Waals surface area contributed by atoms with Crippen LogP contribution in [0.2, 0.25) is 0 Å². The average Bonchev–Trinajstić information content (AvgIpc) is 2.70. The molecule has 0 radical (unpaired) electrons. The molecular weight excluding hydrogens is 437 g/mol. The van der Waals surface area contributed by atoms with Gasteiger partial charge in [-0.2, -0.15) is 0 Å². The molecule has 3 aromatic rings. The fraction of sp³-hybridized carbons (Fsp3) is 0.174. The van der Waals surface area contributed by atoms with Gasteiger partial charge in [0.15, 0.2) is 11.5 Å². The van der Waals surface area contributed by atoms with Crippen molar-refractivity contribution in [1.82, 2.24) is 0 Å². The van der Waals surface area contributed by atoms with E-state index in [-0.39, 0.29) is 5.69 Å². The van der Waals surface area contributed by atoms with E-state index < -0.39 is 11.7 Å². The zero-order chi connectivity index (χ0) is 20.8. The van der Waals surface area contributed by atoms with E-state index in [1.807, 2.05) is 38.1 Å². The number of anilines is 1. The van der Waals surface area contributed by atoms with Crippen molar-refractivity contribution in [3.8, 4) is 11.5 Å². The molecule has 0 atom stereocenters. The number of nitrogens with one attached hydrogen (secondary N) is 1. The molecule has 0 aromatic heterocycles. The highest BCUT2D eigenvalue weighted by Crippen LogP contribution is 2.37. The van der Waals surface area contributed by atoms with Gasteiger partial charge < -0.3 is 14.8 Å². The second-order valence-electron chi connectivity index (χ2n) is 6.43. The van der Waals surface area contributed by atoms with Gasteiger partial charge in [-0.15, -0.1) is 0 Å². The van der Waals surface area contributed by atoms with E-state index in [4.69, 9.17) is 9.47 Å². The van der Waals surface area contributed by atoms with Crippen molar-refractivity contribution in [3.05, 3.63) is 87.6 Å². The standard InChI is InChI=1S/C23H21BrFNO3/c1-3-28-21-13-17(23(27)26-20-7-5-4-6-19(20)25)12-18(24)22(21)29-14-16-10-8-15(2)9-11-16/h4-13H,3,14H2,1-2H3,(H,26,27). The van der Waals surface area contributed by atoms with E-state index in [1.165, 1.54) is 17.7 Å². The lowest BCUT2D eigenvalue weighted by Gasteiger charge is -2.16. The van der Waals surface area contributed by atoms with E-state index in [9.17, 15) is 9.18 Å². The van der Waals surface area contributed by atoms with Crippen molar-refractivity contribution in [3.63, 3.8) is 0 Å². The topological polar surface area (TPSA) is 47.6 Å². The van der Waals surface area contributed by atoms with Crippen LogP contribution in [0.15, 0.2) is 65.1 Å². The van der Waals surface area contributed by atoms with E-state index >= 15 is 0 Å². The van der Waals surface area contributed by atoms with Crippen LogP contribution in [0, 0.1) is 12.7 Å².